The summed E-state index contributed by atoms with van der Waals surface area (Å²) in [4.78, 5) is 21.4. The highest BCUT2D eigenvalue weighted by Crippen LogP contribution is 1.98. The van der Waals surface area contributed by atoms with E-state index in [0.29, 0.717) is 25.7 Å². The zero-order valence-electron chi connectivity index (χ0n) is 7.38. The number of hydrazine groups is 1. The first-order valence-corrected chi connectivity index (χ1v) is 3.94. The van der Waals surface area contributed by atoms with Gasteiger partial charge in [0.25, 0.3) is 0 Å². The number of rotatable bonds is 6. The monoisotopic (exact) mass is 186 g/mol. The molecule has 0 saturated heterocycles. The number of nitrogens with one attached hydrogen (secondary N) is 2. The lowest BCUT2D eigenvalue weighted by Crippen LogP contribution is -2.29. The lowest BCUT2D eigenvalue weighted by atomic mass is 10.2. The minimum atomic E-state index is -0.220. The SMILES string of the molecule is C=NNC(=O)CCCCC(=O)NN. The Labute approximate surface area is 76.5 Å². The van der Waals surface area contributed by atoms with Crippen molar-refractivity contribution in [2.24, 2.45) is 10.9 Å². The van der Waals surface area contributed by atoms with Crippen molar-refractivity contribution in [3.8, 4) is 0 Å². The van der Waals surface area contributed by atoms with Gasteiger partial charge in [-0.25, -0.2) is 11.3 Å². The highest BCUT2D eigenvalue weighted by molar-refractivity contribution is 5.76. The zero-order chi connectivity index (χ0) is 10.1. The van der Waals surface area contributed by atoms with Crippen LogP contribution in [0.1, 0.15) is 25.7 Å². The van der Waals surface area contributed by atoms with Crippen molar-refractivity contribution in [3.05, 3.63) is 0 Å². The van der Waals surface area contributed by atoms with E-state index in [-0.39, 0.29) is 11.8 Å². The molecule has 0 radical (unpaired) electrons. The van der Waals surface area contributed by atoms with Crippen molar-refractivity contribution in [1.29, 1.82) is 0 Å². The summed E-state index contributed by atoms with van der Waals surface area (Å²) in [5.74, 6) is 4.45. The van der Waals surface area contributed by atoms with Crippen LogP contribution in [-0.4, -0.2) is 18.5 Å². The second-order valence-electron chi connectivity index (χ2n) is 2.47. The van der Waals surface area contributed by atoms with E-state index in [1.54, 1.807) is 0 Å². The second kappa shape index (κ2) is 7.23. The maximum Gasteiger partial charge on any atom is 0.240 e. The van der Waals surface area contributed by atoms with E-state index in [2.05, 4.69) is 17.2 Å². The van der Waals surface area contributed by atoms with Crippen molar-refractivity contribution in [1.82, 2.24) is 10.9 Å². The highest BCUT2D eigenvalue weighted by atomic mass is 16.2. The Morgan fingerprint density at radius 2 is 1.77 bits per heavy atom. The number of carbonyl (C=O) groups excluding carboxylic acids is 2. The van der Waals surface area contributed by atoms with Gasteiger partial charge in [-0.3, -0.25) is 15.0 Å². The Morgan fingerprint density at radius 1 is 1.23 bits per heavy atom. The minimum absolute atomic E-state index is 0.192. The summed E-state index contributed by atoms with van der Waals surface area (Å²) < 4.78 is 0. The second-order valence-corrected chi connectivity index (χ2v) is 2.47. The van der Waals surface area contributed by atoms with Crippen LogP contribution in [0, 0.1) is 0 Å². The summed E-state index contributed by atoms with van der Waals surface area (Å²) in [5.41, 5.74) is 4.21. The number of nitrogens with two attached hydrogens (primary N) is 1. The summed E-state index contributed by atoms with van der Waals surface area (Å²) in [6.07, 6.45) is 1.95. The van der Waals surface area contributed by atoms with Crippen molar-refractivity contribution in [2.75, 3.05) is 0 Å². The van der Waals surface area contributed by atoms with Crippen LogP contribution < -0.4 is 16.7 Å². The lowest BCUT2D eigenvalue weighted by molar-refractivity contribution is -0.123. The topological polar surface area (TPSA) is 96.6 Å². The summed E-state index contributed by atoms with van der Waals surface area (Å²) >= 11 is 0. The van der Waals surface area contributed by atoms with Crippen LogP contribution in [0.25, 0.3) is 0 Å². The number of hydrogen-bond acceptors (Lipinski definition) is 4. The third-order valence-corrected chi connectivity index (χ3v) is 1.42. The molecule has 0 bridgehead atoms. The summed E-state index contributed by atoms with van der Waals surface area (Å²) in [6.45, 7) is 3.11. The van der Waals surface area contributed by atoms with Crippen LogP contribution in [-0.2, 0) is 9.59 Å². The van der Waals surface area contributed by atoms with E-state index in [9.17, 15) is 9.59 Å². The molecule has 4 N–H and O–H groups in total. The standard InChI is InChI=1S/C7H14N4O2/c1-9-11-7(13)5-3-2-4-6(12)10-8/h1-5,8H2,(H,10,12)(H,11,13). The largest absolute Gasteiger partial charge is 0.294 e. The Bertz CT molecular complexity index is 193. The smallest absolute Gasteiger partial charge is 0.240 e. The molecule has 13 heavy (non-hydrogen) atoms. The van der Waals surface area contributed by atoms with Gasteiger partial charge in [0, 0.05) is 19.6 Å². The molecule has 0 atom stereocenters. The van der Waals surface area contributed by atoms with Gasteiger partial charge in [0.05, 0.1) is 0 Å². The Hall–Kier alpha value is -1.43. The van der Waals surface area contributed by atoms with Crippen LogP contribution in [0.15, 0.2) is 5.10 Å². The van der Waals surface area contributed by atoms with Crippen molar-refractivity contribution in [3.63, 3.8) is 0 Å². The average molecular weight is 186 g/mol. The van der Waals surface area contributed by atoms with E-state index in [4.69, 9.17) is 5.84 Å². The van der Waals surface area contributed by atoms with Gasteiger partial charge in [0.2, 0.25) is 11.8 Å². The number of hydrazone groups is 1. The molecule has 0 aromatic carbocycles. The molecule has 0 unspecified atom stereocenters. The molecule has 6 heteroatoms. The molecule has 0 aliphatic carbocycles. The molecule has 0 fully saturated rings. The Balaban J connectivity index is 3.30. The van der Waals surface area contributed by atoms with E-state index in [1.165, 1.54) is 0 Å². The number of hydrogen-bond donors (Lipinski definition) is 3. The molecule has 74 valence electrons. The molecule has 0 aliphatic heterocycles. The Morgan fingerprint density at radius 3 is 2.23 bits per heavy atom. The minimum Gasteiger partial charge on any atom is -0.294 e. The summed E-state index contributed by atoms with van der Waals surface area (Å²) in [7, 11) is 0. The van der Waals surface area contributed by atoms with E-state index < -0.39 is 0 Å². The van der Waals surface area contributed by atoms with Gasteiger partial charge >= 0.3 is 0 Å². The quantitative estimate of drug-likeness (QED) is 0.168. The van der Waals surface area contributed by atoms with Crippen LogP contribution in [0.5, 0.6) is 0 Å². The predicted molar refractivity (Wildman–Crippen MR) is 48.5 cm³/mol. The molecule has 6 nitrogen and oxygen atoms in total. The fourth-order valence-corrected chi connectivity index (χ4v) is 0.787. The van der Waals surface area contributed by atoms with Gasteiger partial charge < -0.3 is 0 Å². The fraction of sp³-hybridized carbons (Fsp3) is 0.571. The molecular formula is C7H14N4O2. The van der Waals surface area contributed by atoms with Crippen molar-refractivity contribution < 1.29 is 9.59 Å². The van der Waals surface area contributed by atoms with Crippen molar-refractivity contribution in [2.45, 2.75) is 25.7 Å². The molecule has 0 aromatic rings. The van der Waals surface area contributed by atoms with Gasteiger partial charge in [-0.05, 0) is 12.8 Å². The normalized spacial score (nSPS) is 9.00. The first-order valence-electron chi connectivity index (χ1n) is 3.94. The number of nitrogens with zero attached hydrogens (tertiary/aromatic N) is 1. The van der Waals surface area contributed by atoms with Crippen LogP contribution in [0.3, 0.4) is 0 Å². The van der Waals surface area contributed by atoms with E-state index in [1.807, 2.05) is 5.43 Å². The van der Waals surface area contributed by atoms with Crippen LogP contribution >= 0.6 is 0 Å². The number of amides is 2. The van der Waals surface area contributed by atoms with E-state index >= 15 is 0 Å². The fourth-order valence-electron chi connectivity index (χ4n) is 0.787. The molecule has 0 rings (SSSR count). The zero-order valence-corrected chi connectivity index (χ0v) is 7.38. The van der Waals surface area contributed by atoms with Crippen LogP contribution in [0.4, 0.5) is 0 Å². The molecule has 0 aliphatic rings. The van der Waals surface area contributed by atoms with Crippen LogP contribution in [0.2, 0.25) is 0 Å². The first kappa shape index (κ1) is 11.6. The molecule has 0 heterocycles. The predicted octanol–water partition coefficient (Wildman–Crippen LogP) is -0.731. The Kier molecular flexibility index (Phi) is 6.44. The highest BCUT2D eigenvalue weighted by Gasteiger charge is 2.01. The lowest BCUT2D eigenvalue weighted by Gasteiger charge is -1.99. The van der Waals surface area contributed by atoms with E-state index in [0.717, 1.165) is 0 Å². The van der Waals surface area contributed by atoms with Gasteiger partial charge in [0.15, 0.2) is 0 Å². The first-order chi connectivity index (χ1) is 6.20. The molecular weight excluding hydrogens is 172 g/mol. The third-order valence-electron chi connectivity index (χ3n) is 1.42. The van der Waals surface area contributed by atoms with Gasteiger partial charge in [-0.15, -0.1) is 0 Å². The van der Waals surface area contributed by atoms with Crippen molar-refractivity contribution >= 4 is 18.5 Å². The summed E-state index contributed by atoms with van der Waals surface area (Å²) in [6, 6.07) is 0. The third kappa shape index (κ3) is 6.95. The average Bonchev–Trinajstić information content (AvgIpc) is 2.12. The molecule has 0 spiro atoms. The molecule has 0 aromatic heterocycles. The maximum absolute atomic E-state index is 10.8. The number of carbonyl (C=O) groups is 2. The molecule has 0 saturated carbocycles. The van der Waals surface area contributed by atoms with Gasteiger partial charge in [-0.2, -0.15) is 5.10 Å². The summed E-state index contributed by atoms with van der Waals surface area (Å²) in [5, 5.41) is 3.22. The number of unbranched alkanes of at least 4 members (excludes halogenated alkanes) is 1. The van der Waals surface area contributed by atoms with Gasteiger partial charge in [-0.1, -0.05) is 0 Å². The van der Waals surface area contributed by atoms with Gasteiger partial charge in [0.1, 0.15) is 0 Å². The maximum atomic E-state index is 10.8. The molecule has 2 amide bonds.